The van der Waals surface area contributed by atoms with E-state index in [4.69, 9.17) is 10.5 Å². The SMILES string of the molecule is Nc1c(OC2CCCCC2)ncnc1N(Cc1ccccc1)Cc1ccccc1. The van der Waals surface area contributed by atoms with Crippen LogP contribution in [0.15, 0.2) is 67.0 Å². The van der Waals surface area contributed by atoms with Gasteiger partial charge in [-0.15, -0.1) is 0 Å². The first-order valence-corrected chi connectivity index (χ1v) is 10.4. The molecule has 0 saturated heterocycles. The van der Waals surface area contributed by atoms with Crippen molar-refractivity contribution in [3.8, 4) is 5.88 Å². The van der Waals surface area contributed by atoms with Gasteiger partial charge in [0.05, 0.1) is 0 Å². The van der Waals surface area contributed by atoms with Crippen LogP contribution in [0.5, 0.6) is 5.88 Å². The van der Waals surface area contributed by atoms with E-state index in [-0.39, 0.29) is 6.10 Å². The van der Waals surface area contributed by atoms with Gasteiger partial charge in [-0.2, -0.15) is 4.98 Å². The van der Waals surface area contributed by atoms with E-state index in [1.807, 2.05) is 12.1 Å². The van der Waals surface area contributed by atoms with Gasteiger partial charge in [-0.05, 0) is 36.8 Å². The van der Waals surface area contributed by atoms with Crippen LogP contribution in [0.2, 0.25) is 0 Å². The van der Waals surface area contributed by atoms with Gasteiger partial charge in [0, 0.05) is 13.1 Å². The van der Waals surface area contributed by atoms with Crippen LogP contribution in [0.1, 0.15) is 43.2 Å². The normalized spacial score (nSPS) is 14.5. The number of nitrogen functional groups attached to an aromatic ring is 1. The van der Waals surface area contributed by atoms with Crippen molar-refractivity contribution >= 4 is 11.5 Å². The van der Waals surface area contributed by atoms with E-state index in [2.05, 4.69) is 63.4 Å². The molecule has 5 nitrogen and oxygen atoms in total. The first-order chi connectivity index (χ1) is 14.3. The minimum atomic E-state index is 0.200. The summed E-state index contributed by atoms with van der Waals surface area (Å²) in [5, 5.41) is 0. The molecular formula is C24H28N4O. The van der Waals surface area contributed by atoms with Crippen molar-refractivity contribution in [3.63, 3.8) is 0 Å². The Morgan fingerprint density at radius 2 is 1.41 bits per heavy atom. The van der Waals surface area contributed by atoms with E-state index in [1.165, 1.54) is 30.4 Å². The van der Waals surface area contributed by atoms with E-state index in [0.29, 0.717) is 24.7 Å². The Hall–Kier alpha value is -3.08. The summed E-state index contributed by atoms with van der Waals surface area (Å²) < 4.78 is 6.17. The zero-order valence-corrected chi connectivity index (χ0v) is 16.7. The molecule has 0 unspecified atom stereocenters. The Kier molecular flexibility index (Phi) is 6.25. The number of hydrogen-bond donors (Lipinski definition) is 1. The van der Waals surface area contributed by atoms with Gasteiger partial charge in [0.2, 0.25) is 5.88 Å². The lowest BCUT2D eigenvalue weighted by atomic mass is 9.98. The number of benzene rings is 2. The van der Waals surface area contributed by atoms with Gasteiger partial charge in [-0.25, -0.2) is 4.98 Å². The molecule has 0 radical (unpaired) electrons. The molecule has 5 heteroatoms. The molecule has 1 saturated carbocycles. The molecule has 0 aliphatic heterocycles. The predicted molar refractivity (Wildman–Crippen MR) is 117 cm³/mol. The van der Waals surface area contributed by atoms with E-state index in [9.17, 15) is 0 Å². The average Bonchev–Trinajstić information content (AvgIpc) is 2.77. The number of ether oxygens (including phenoxy) is 1. The quantitative estimate of drug-likeness (QED) is 0.618. The molecule has 1 fully saturated rings. The third kappa shape index (κ3) is 5.05. The molecular weight excluding hydrogens is 360 g/mol. The number of hydrogen-bond acceptors (Lipinski definition) is 5. The van der Waals surface area contributed by atoms with E-state index in [0.717, 1.165) is 18.7 Å². The average molecular weight is 389 g/mol. The van der Waals surface area contributed by atoms with Crippen LogP contribution in [0.3, 0.4) is 0 Å². The summed E-state index contributed by atoms with van der Waals surface area (Å²) in [7, 11) is 0. The largest absolute Gasteiger partial charge is 0.473 e. The number of rotatable bonds is 7. The highest BCUT2D eigenvalue weighted by Crippen LogP contribution is 2.32. The first kappa shape index (κ1) is 19.2. The lowest BCUT2D eigenvalue weighted by Crippen LogP contribution is -2.26. The molecule has 1 heterocycles. The van der Waals surface area contributed by atoms with Crippen LogP contribution >= 0.6 is 0 Å². The van der Waals surface area contributed by atoms with Gasteiger partial charge < -0.3 is 15.4 Å². The van der Waals surface area contributed by atoms with Gasteiger partial charge in [0.15, 0.2) is 5.82 Å². The third-order valence-electron chi connectivity index (χ3n) is 5.39. The molecule has 1 aliphatic carbocycles. The van der Waals surface area contributed by atoms with Crippen molar-refractivity contribution < 1.29 is 4.74 Å². The summed E-state index contributed by atoms with van der Waals surface area (Å²) in [5.74, 6) is 1.23. The lowest BCUT2D eigenvalue weighted by molar-refractivity contribution is 0.149. The fourth-order valence-corrected chi connectivity index (χ4v) is 3.87. The second-order valence-corrected chi connectivity index (χ2v) is 7.62. The van der Waals surface area contributed by atoms with Crippen LogP contribution in [0.25, 0.3) is 0 Å². The molecule has 1 aliphatic rings. The summed E-state index contributed by atoms with van der Waals surface area (Å²) in [4.78, 5) is 11.1. The molecule has 0 bridgehead atoms. The Morgan fingerprint density at radius 3 is 2.00 bits per heavy atom. The molecule has 3 aromatic rings. The van der Waals surface area contributed by atoms with Gasteiger partial charge in [-0.1, -0.05) is 67.1 Å². The summed E-state index contributed by atoms with van der Waals surface area (Å²) in [5.41, 5.74) is 9.45. The van der Waals surface area contributed by atoms with Gasteiger partial charge in [0.1, 0.15) is 18.1 Å². The van der Waals surface area contributed by atoms with E-state index < -0.39 is 0 Å². The van der Waals surface area contributed by atoms with E-state index >= 15 is 0 Å². The minimum Gasteiger partial charge on any atom is -0.473 e. The fourth-order valence-electron chi connectivity index (χ4n) is 3.87. The number of aromatic nitrogens is 2. The molecule has 2 aromatic carbocycles. The predicted octanol–water partition coefficient (Wildman–Crippen LogP) is 4.98. The van der Waals surface area contributed by atoms with Crippen molar-refractivity contribution in [1.29, 1.82) is 0 Å². The second-order valence-electron chi connectivity index (χ2n) is 7.62. The monoisotopic (exact) mass is 388 g/mol. The zero-order chi connectivity index (χ0) is 19.9. The molecule has 2 N–H and O–H groups in total. The zero-order valence-electron chi connectivity index (χ0n) is 16.7. The maximum absolute atomic E-state index is 6.52. The third-order valence-corrected chi connectivity index (χ3v) is 5.39. The van der Waals surface area contributed by atoms with Crippen molar-refractivity contribution in [2.24, 2.45) is 0 Å². The summed E-state index contributed by atoms with van der Waals surface area (Å²) in [6.07, 6.45) is 7.59. The summed E-state index contributed by atoms with van der Waals surface area (Å²) in [6, 6.07) is 20.7. The molecule has 4 rings (SSSR count). The van der Waals surface area contributed by atoms with Crippen LogP contribution in [0.4, 0.5) is 11.5 Å². The highest BCUT2D eigenvalue weighted by molar-refractivity contribution is 5.68. The molecule has 1 aromatic heterocycles. The molecule has 150 valence electrons. The van der Waals surface area contributed by atoms with Crippen molar-refractivity contribution in [2.75, 3.05) is 10.6 Å². The van der Waals surface area contributed by atoms with Gasteiger partial charge in [0.25, 0.3) is 0 Å². The lowest BCUT2D eigenvalue weighted by Gasteiger charge is -2.27. The Morgan fingerprint density at radius 1 is 0.828 bits per heavy atom. The van der Waals surface area contributed by atoms with E-state index in [1.54, 1.807) is 6.33 Å². The standard InChI is InChI=1S/C24H28N4O/c25-22-23(26-18-27-24(22)29-21-14-8-3-9-15-21)28(16-19-10-4-1-5-11-19)17-20-12-6-2-7-13-20/h1-2,4-7,10-13,18,21H,3,8-9,14-17,25H2. The van der Waals surface area contributed by atoms with Crippen molar-refractivity contribution in [2.45, 2.75) is 51.3 Å². The topological polar surface area (TPSA) is 64.3 Å². The van der Waals surface area contributed by atoms with Crippen LogP contribution < -0.4 is 15.4 Å². The molecule has 0 amide bonds. The Balaban J connectivity index is 1.61. The molecule has 29 heavy (non-hydrogen) atoms. The van der Waals surface area contributed by atoms with Crippen molar-refractivity contribution in [1.82, 2.24) is 9.97 Å². The van der Waals surface area contributed by atoms with Crippen LogP contribution in [0, 0.1) is 0 Å². The highest BCUT2D eigenvalue weighted by atomic mass is 16.5. The van der Waals surface area contributed by atoms with Crippen LogP contribution in [-0.2, 0) is 13.1 Å². The van der Waals surface area contributed by atoms with Gasteiger partial charge in [-0.3, -0.25) is 0 Å². The first-order valence-electron chi connectivity index (χ1n) is 10.4. The smallest absolute Gasteiger partial charge is 0.242 e. The number of nitrogens with two attached hydrogens (primary N) is 1. The van der Waals surface area contributed by atoms with Gasteiger partial charge >= 0.3 is 0 Å². The number of anilines is 2. The number of nitrogens with zero attached hydrogens (tertiary/aromatic N) is 3. The highest BCUT2D eigenvalue weighted by Gasteiger charge is 2.21. The molecule has 0 spiro atoms. The maximum Gasteiger partial charge on any atom is 0.242 e. The Labute approximate surface area is 172 Å². The Bertz CT molecular complexity index is 854. The summed E-state index contributed by atoms with van der Waals surface area (Å²) in [6.45, 7) is 1.42. The second kappa shape index (κ2) is 9.41. The summed E-state index contributed by atoms with van der Waals surface area (Å²) >= 11 is 0. The van der Waals surface area contributed by atoms with Crippen LogP contribution in [-0.4, -0.2) is 16.1 Å². The minimum absolute atomic E-state index is 0.200. The fraction of sp³-hybridized carbons (Fsp3) is 0.333. The maximum atomic E-state index is 6.52. The van der Waals surface area contributed by atoms with Crippen molar-refractivity contribution in [3.05, 3.63) is 78.1 Å². The molecule has 0 atom stereocenters.